The first-order valence-electron chi connectivity index (χ1n) is 22.3. The number of ether oxygens (including phenoxy) is 1. The van der Waals surface area contributed by atoms with E-state index in [0.717, 1.165) is 45.6 Å². The van der Waals surface area contributed by atoms with Gasteiger partial charge in [-0.15, -0.1) is 0 Å². The molecule has 1 aromatic heterocycles. The standard InChI is InChI=1S/C60H39N3O/c1-4-14-36(15-5-1)39-24-26-40(27-25-39)57-59-58(46-22-12-13-23-53(46)64-59)62-60(61-57)63-51-31-29-42(38-18-8-3-9-19-38)33-50(51)55-52(63)35-49-47-32-41(37-16-6-2-7-17-37)28-30-45(47)48-34-43-20-10-11-21-44(43)56(55)54(48)49/h1-33,35,48,58-59H,34H2. The molecule has 3 unspecified atom stereocenters. The van der Waals surface area contributed by atoms with Crippen molar-refractivity contribution in [2.75, 3.05) is 0 Å². The highest BCUT2D eigenvalue weighted by molar-refractivity contribution is 6.24. The number of para-hydroxylation sites is 1. The fraction of sp³-hybridized carbons (Fsp3) is 0.0667. The van der Waals surface area contributed by atoms with Gasteiger partial charge in [0.15, 0.2) is 6.10 Å². The van der Waals surface area contributed by atoms with Gasteiger partial charge in [0, 0.05) is 27.8 Å². The maximum absolute atomic E-state index is 6.79. The van der Waals surface area contributed by atoms with Crippen molar-refractivity contribution in [1.82, 2.24) is 4.57 Å². The summed E-state index contributed by atoms with van der Waals surface area (Å²) >= 11 is 0. The predicted molar refractivity (Wildman–Crippen MR) is 262 cm³/mol. The minimum absolute atomic E-state index is 0.253. The van der Waals surface area contributed by atoms with Gasteiger partial charge in [-0.05, 0) is 109 Å². The van der Waals surface area contributed by atoms with Gasteiger partial charge in [-0.25, -0.2) is 9.98 Å². The Morgan fingerprint density at radius 2 is 1.08 bits per heavy atom. The van der Waals surface area contributed by atoms with E-state index in [1.807, 2.05) is 6.07 Å². The lowest BCUT2D eigenvalue weighted by molar-refractivity contribution is 0.275. The number of nitrogens with zero attached hydrogens (tertiary/aromatic N) is 3. The predicted octanol–water partition coefficient (Wildman–Crippen LogP) is 14.3. The lowest BCUT2D eigenvalue weighted by atomic mass is 9.76. The van der Waals surface area contributed by atoms with Gasteiger partial charge >= 0.3 is 0 Å². The number of aromatic nitrogens is 1. The number of hydrogen-bond donors (Lipinski definition) is 0. The Bertz CT molecular complexity index is 3600. The molecule has 4 nitrogen and oxygen atoms in total. The van der Waals surface area contributed by atoms with Gasteiger partial charge in [-0.3, -0.25) is 4.57 Å². The summed E-state index contributed by atoms with van der Waals surface area (Å²) in [6, 6.07) is 74.6. The SMILES string of the molecule is c1ccc(-c2ccc(C3=NC(n4c5ccc(-c6ccccc6)cc5c5c6c7c(cc54)-c4cc(-c5ccccc5)ccc4C7Cc4ccccc4-6)=NC4c5ccccc5OC34)cc2)cc1. The first-order valence-corrected chi connectivity index (χ1v) is 22.3. The molecule has 4 aliphatic rings. The minimum atomic E-state index is -0.358. The van der Waals surface area contributed by atoms with Crippen molar-refractivity contribution in [1.29, 1.82) is 0 Å². The molecule has 2 aliphatic carbocycles. The van der Waals surface area contributed by atoms with E-state index in [9.17, 15) is 0 Å². The van der Waals surface area contributed by atoms with Gasteiger partial charge < -0.3 is 4.74 Å². The van der Waals surface area contributed by atoms with Crippen molar-refractivity contribution < 1.29 is 4.74 Å². The monoisotopic (exact) mass is 817 g/mol. The summed E-state index contributed by atoms with van der Waals surface area (Å²) in [7, 11) is 0. The van der Waals surface area contributed by atoms with Crippen LogP contribution in [-0.2, 0) is 6.42 Å². The molecule has 9 aromatic carbocycles. The Balaban J connectivity index is 1.07. The van der Waals surface area contributed by atoms with Crippen LogP contribution in [0.3, 0.4) is 0 Å². The van der Waals surface area contributed by atoms with Crippen LogP contribution < -0.4 is 4.74 Å². The van der Waals surface area contributed by atoms with Crippen LogP contribution in [0.4, 0.5) is 0 Å². The smallest absolute Gasteiger partial charge is 0.231 e. The summed E-state index contributed by atoms with van der Waals surface area (Å²) in [5.41, 5.74) is 21.8. The molecule has 2 aliphatic heterocycles. The number of aliphatic imine (C=N–C) groups is 2. The number of fused-ring (bicyclic) bond motifs is 12. The summed E-state index contributed by atoms with van der Waals surface area (Å²) in [6.07, 6.45) is 0.613. The molecule has 0 saturated carbocycles. The van der Waals surface area contributed by atoms with Crippen LogP contribution in [0.5, 0.6) is 5.75 Å². The van der Waals surface area contributed by atoms with Gasteiger partial charge in [-0.1, -0.05) is 176 Å². The second kappa shape index (κ2) is 13.7. The van der Waals surface area contributed by atoms with Crippen molar-refractivity contribution in [2.45, 2.75) is 24.5 Å². The molecule has 300 valence electrons. The van der Waals surface area contributed by atoms with Gasteiger partial charge in [0.1, 0.15) is 11.8 Å². The van der Waals surface area contributed by atoms with E-state index in [1.165, 1.54) is 77.5 Å². The van der Waals surface area contributed by atoms with Crippen LogP contribution in [-0.4, -0.2) is 22.3 Å². The van der Waals surface area contributed by atoms with Gasteiger partial charge in [0.05, 0.1) is 16.7 Å². The third-order valence-electron chi connectivity index (χ3n) is 14.1. The summed E-state index contributed by atoms with van der Waals surface area (Å²) in [4.78, 5) is 11.3. The van der Waals surface area contributed by atoms with Gasteiger partial charge in [0.2, 0.25) is 5.96 Å². The van der Waals surface area contributed by atoms with Crippen LogP contribution in [0.1, 0.15) is 39.8 Å². The van der Waals surface area contributed by atoms with E-state index in [0.29, 0.717) is 5.96 Å². The molecule has 0 N–H and O–H groups in total. The molecule has 14 rings (SSSR count). The molecule has 0 bridgehead atoms. The van der Waals surface area contributed by atoms with Crippen LogP contribution >= 0.6 is 0 Å². The van der Waals surface area contributed by atoms with Crippen molar-refractivity contribution >= 4 is 33.5 Å². The van der Waals surface area contributed by atoms with Crippen LogP contribution in [0.15, 0.2) is 216 Å². The van der Waals surface area contributed by atoms with Gasteiger partial charge in [-0.2, -0.15) is 0 Å². The third kappa shape index (κ3) is 5.23. The molecular weight excluding hydrogens is 779 g/mol. The summed E-state index contributed by atoms with van der Waals surface area (Å²) < 4.78 is 9.15. The molecule has 0 radical (unpaired) electrons. The molecule has 3 heterocycles. The fourth-order valence-electron chi connectivity index (χ4n) is 11.2. The largest absolute Gasteiger partial charge is 0.481 e. The summed E-state index contributed by atoms with van der Waals surface area (Å²) in [6.45, 7) is 0. The number of hydrogen-bond acceptors (Lipinski definition) is 3. The zero-order valence-corrected chi connectivity index (χ0v) is 34.8. The quantitative estimate of drug-likeness (QED) is 0.174. The molecular formula is C60H39N3O. The van der Waals surface area contributed by atoms with Crippen molar-refractivity contribution in [2.24, 2.45) is 9.98 Å². The van der Waals surface area contributed by atoms with E-state index in [4.69, 9.17) is 14.7 Å². The normalized spacial score (nSPS) is 17.5. The first-order chi connectivity index (χ1) is 31.7. The summed E-state index contributed by atoms with van der Waals surface area (Å²) in [5, 5.41) is 2.44. The Hall–Kier alpha value is -8.08. The van der Waals surface area contributed by atoms with Crippen molar-refractivity contribution in [3.05, 3.63) is 234 Å². The second-order valence-electron chi connectivity index (χ2n) is 17.5. The lowest BCUT2D eigenvalue weighted by Crippen LogP contribution is -2.35. The molecule has 10 aromatic rings. The fourth-order valence-corrected chi connectivity index (χ4v) is 11.2. The van der Waals surface area contributed by atoms with Gasteiger partial charge in [0.25, 0.3) is 0 Å². The Morgan fingerprint density at radius 1 is 0.469 bits per heavy atom. The second-order valence-corrected chi connectivity index (χ2v) is 17.5. The third-order valence-corrected chi connectivity index (χ3v) is 14.1. The van der Waals surface area contributed by atoms with E-state index >= 15 is 0 Å². The van der Waals surface area contributed by atoms with Crippen LogP contribution in [0.25, 0.3) is 77.4 Å². The Kier molecular flexibility index (Phi) is 7.61. The maximum Gasteiger partial charge on any atom is 0.231 e. The highest BCUT2D eigenvalue weighted by Crippen LogP contribution is 2.58. The zero-order valence-electron chi connectivity index (χ0n) is 34.8. The van der Waals surface area contributed by atoms with E-state index in [1.54, 1.807) is 0 Å². The van der Waals surface area contributed by atoms with E-state index < -0.39 is 0 Å². The number of benzene rings is 9. The maximum atomic E-state index is 6.79. The van der Waals surface area contributed by atoms with E-state index in [2.05, 4.69) is 205 Å². The molecule has 4 heteroatoms. The number of rotatable bonds is 4. The van der Waals surface area contributed by atoms with Crippen molar-refractivity contribution in [3.63, 3.8) is 0 Å². The topological polar surface area (TPSA) is 38.9 Å². The Labute approximate surface area is 371 Å². The zero-order chi connectivity index (χ0) is 41.9. The highest BCUT2D eigenvalue weighted by Gasteiger charge is 2.43. The van der Waals surface area contributed by atoms with E-state index in [-0.39, 0.29) is 18.1 Å². The minimum Gasteiger partial charge on any atom is -0.481 e. The molecule has 0 spiro atoms. The Morgan fingerprint density at radius 3 is 1.84 bits per heavy atom. The average molecular weight is 818 g/mol. The van der Waals surface area contributed by atoms with Crippen molar-refractivity contribution in [3.8, 4) is 61.4 Å². The molecule has 0 amide bonds. The summed E-state index contributed by atoms with van der Waals surface area (Å²) in [5.74, 6) is 1.78. The van der Waals surface area contributed by atoms with Crippen LogP contribution in [0, 0.1) is 0 Å². The first kappa shape index (κ1) is 35.5. The molecule has 0 saturated heterocycles. The molecule has 3 atom stereocenters. The highest BCUT2D eigenvalue weighted by atomic mass is 16.5. The lowest BCUT2D eigenvalue weighted by Gasteiger charge is -2.27. The molecule has 0 fully saturated rings. The molecule has 64 heavy (non-hydrogen) atoms. The van der Waals surface area contributed by atoms with Crippen LogP contribution in [0.2, 0.25) is 0 Å². The average Bonchev–Trinajstić information content (AvgIpc) is 4.02.